The Morgan fingerprint density at radius 3 is 2.73 bits per heavy atom. The first-order valence-electron chi connectivity index (χ1n) is 7.37. The molecule has 1 saturated heterocycles. The Bertz CT molecular complexity index is 662. The van der Waals surface area contributed by atoms with Crippen molar-refractivity contribution in [3.8, 4) is 0 Å². The smallest absolute Gasteiger partial charge is 0.239 e. The highest BCUT2D eigenvalue weighted by molar-refractivity contribution is 5.85. The summed E-state index contributed by atoms with van der Waals surface area (Å²) in [7, 11) is 0. The zero-order valence-corrected chi connectivity index (χ0v) is 13.3. The summed E-state index contributed by atoms with van der Waals surface area (Å²) in [6.45, 7) is 3.19. The Labute approximate surface area is 135 Å². The second-order valence-electron chi connectivity index (χ2n) is 5.82. The van der Waals surface area contributed by atoms with Crippen molar-refractivity contribution in [3.63, 3.8) is 0 Å². The van der Waals surface area contributed by atoms with Crippen molar-refractivity contribution in [1.29, 1.82) is 0 Å². The van der Waals surface area contributed by atoms with Crippen LogP contribution in [0.2, 0.25) is 0 Å². The van der Waals surface area contributed by atoms with Crippen LogP contribution in [0.25, 0.3) is 10.9 Å². The molecule has 22 heavy (non-hydrogen) atoms. The molecule has 1 aromatic carbocycles. The molecule has 3 rings (SSSR count). The number of carbonyl (C=O) groups excluding carboxylic acids is 1. The third-order valence-corrected chi connectivity index (χ3v) is 4.31. The van der Waals surface area contributed by atoms with Crippen LogP contribution in [0.15, 0.2) is 24.4 Å². The molecule has 2 aromatic rings. The number of hydrogen-bond acceptors (Lipinski definition) is 2. The molecule has 3 N–H and O–H groups in total. The van der Waals surface area contributed by atoms with Gasteiger partial charge in [-0.3, -0.25) is 4.79 Å². The van der Waals surface area contributed by atoms with Crippen molar-refractivity contribution in [3.05, 3.63) is 35.8 Å². The second-order valence-corrected chi connectivity index (χ2v) is 5.82. The first-order valence-corrected chi connectivity index (χ1v) is 7.37. The standard InChI is InChI=1S/C16H20FN3O.ClH/c1-10(18)16(21)20-6-4-11(5-7-20)14-9-19-15-8-12(17)2-3-13(14)15;/h2-3,8-11,19H,4-7,18H2,1H3;1H. The molecule has 6 heteroatoms. The largest absolute Gasteiger partial charge is 0.361 e. The fraction of sp³-hybridized carbons (Fsp3) is 0.438. The van der Waals surface area contributed by atoms with Gasteiger partial charge < -0.3 is 15.6 Å². The first kappa shape index (κ1) is 16.8. The van der Waals surface area contributed by atoms with Gasteiger partial charge in [0.15, 0.2) is 0 Å². The molecule has 1 aliphatic heterocycles. The van der Waals surface area contributed by atoms with Crippen LogP contribution in [-0.4, -0.2) is 34.9 Å². The van der Waals surface area contributed by atoms with Crippen LogP contribution >= 0.6 is 12.4 Å². The number of rotatable bonds is 2. The maximum Gasteiger partial charge on any atom is 0.239 e. The third-order valence-electron chi connectivity index (χ3n) is 4.31. The Morgan fingerprint density at radius 2 is 2.09 bits per heavy atom. The molecule has 1 unspecified atom stereocenters. The molecule has 1 aliphatic rings. The topological polar surface area (TPSA) is 62.1 Å². The van der Waals surface area contributed by atoms with Crippen molar-refractivity contribution in [2.75, 3.05) is 13.1 Å². The van der Waals surface area contributed by atoms with Crippen molar-refractivity contribution in [1.82, 2.24) is 9.88 Å². The van der Waals surface area contributed by atoms with E-state index in [0.29, 0.717) is 5.92 Å². The summed E-state index contributed by atoms with van der Waals surface area (Å²) in [6, 6.07) is 4.41. The predicted octanol–water partition coefficient (Wildman–Crippen LogP) is 2.78. The van der Waals surface area contributed by atoms with Gasteiger partial charge >= 0.3 is 0 Å². The first-order chi connectivity index (χ1) is 10.1. The summed E-state index contributed by atoms with van der Waals surface area (Å²) in [5, 5.41) is 1.08. The van der Waals surface area contributed by atoms with Crippen molar-refractivity contribution in [2.45, 2.75) is 31.7 Å². The van der Waals surface area contributed by atoms with Gasteiger partial charge in [0.05, 0.1) is 6.04 Å². The van der Waals surface area contributed by atoms with Gasteiger partial charge in [-0.15, -0.1) is 12.4 Å². The van der Waals surface area contributed by atoms with Gasteiger partial charge in [0, 0.05) is 30.2 Å². The van der Waals surface area contributed by atoms with E-state index in [1.54, 1.807) is 6.92 Å². The van der Waals surface area contributed by atoms with E-state index in [-0.39, 0.29) is 24.1 Å². The van der Waals surface area contributed by atoms with Gasteiger partial charge in [0.25, 0.3) is 0 Å². The fourth-order valence-corrected chi connectivity index (χ4v) is 3.16. The van der Waals surface area contributed by atoms with Crippen molar-refractivity contribution < 1.29 is 9.18 Å². The number of piperidine rings is 1. The molecule has 0 aliphatic carbocycles. The number of carbonyl (C=O) groups is 1. The van der Waals surface area contributed by atoms with Crippen LogP contribution in [0.4, 0.5) is 4.39 Å². The van der Waals surface area contributed by atoms with Crippen LogP contribution in [-0.2, 0) is 4.79 Å². The highest BCUT2D eigenvalue weighted by Gasteiger charge is 2.26. The number of aromatic nitrogens is 1. The minimum atomic E-state index is -0.433. The average molecular weight is 326 g/mol. The molecule has 4 nitrogen and oxygen atoms in total. The predicted molar refractivity (Wildman–Crippen MR) is 87.7 cm³/mol. The SMILES string of the molecule is CC(N)C(=O)N1CCC(c2c[nH]c3cc(F)ccc23)CC1.Cl. The lowest BCUT2D eigenvalue weighted by atomic mass is 9.89. The summed E-state index contributed by atoms with van der Waals surface area (Å²) in [4.78, 5) is 16.9. The lowest BCUT2D eigenvalue weighted by Gasteiger charge is -2.33. The number of hydrogen-bond donors (Lipinski definition) is 2. The van der Waals surface area contributed by atoms with E-state index >= 15 is 0 Å². The van der Waals surface area contributed by atoms with Crippen LogP contribution in [0.5, 0.6) is 0 Å². The Hall–Kier alpha value is -1.59. The Kier molecular flexibility index (Phi) is 5.08. The molecule has 0 radical (unpaired) electrons. The normalized spacial score (nSPS) is 17.3. The highest BCUT2D eigenvalue weighted by atomic mass is 35.5. The Balaban J connectivity index is 0.00000176. The monoisotopic (exact) mass is 325 g/mol. The lowest BCUT2D eigenvalue weighted by Crippen LogP contribution is -2.45. The maximum absolute atomic E-state index is 13.2. The molecule has 1 fully saturated rings. The number of fused-ring (bicyclic) bond motifs is 1. The molecular formula is C16H21ClFN3O. The van der Waals surface area contributed by atoms with Gasteiger partial charge in [0.2, 0.25) is 5.91 Å². The van der Waals surface area contributed by atoms with E-state index in [1.807, 2.05) is 17.2 Å². The van der Waals surface area contributed by atoms with E-state index in [9.17, 15) is 9.18 Å². The number of aromatic amines is 1. The van der Waals surface area contributed by atoms with E-state index in [0.717, 1.165) is 36.8 Å². The third kappa shape index (κ3) is 3.10. The molecule has 2 heterocycles. The quantitative estimate of drug-likeness (QED) is 0.892. The number of H-pyrrole nitrogens is 1. The van der Waals surface area contributed by atoms with Crippen molar-refractivity contribution >= 4 is 29.2 Å². The number of nitrogens with zero attached hydrogens (tertiary/aromatic N) is 1. The minimum absolute atomic E-state index is 0. The molecule has 0 saturated carbocycles. The summed E-state index contributed by atoms with van der Waals surface area (Å²) in [5.41, 5.74) is 7.71. The van der Waals surface area contributed by atoms with E-state index in [1.165, 1.54) is 17.7 Å². The summed E-state index contributed by atoms with van der Waals surface area (Å²) in [6.07, 6.45) is 3.81. The van der Waals surface area contributed by atoms with Gasteiger partial charge in [-0.25, -0.2) is 4.39 Å². The van der Waals surface area contributed by atoms with E-state index in [4.69, 9.17) is 5.73 Å². The number of nitrogens with two attached hydrogens (primary N) is 1. The van der Waals surface area contributed by atoms with Crippen LogP contribution in [0.1, 0.15) is 31.2 Å². The number of benzene rings is 1. The van der Waals surface area contributed by atoms with E-state index in [2.05, 4.69) is 4.98 Å². The summed E-state index contributed by atoms with van der Waals surface area (Å²) in [5.74, 6) is 0.198. The second kappa shape index (κ2) is 6.67. The average Bonchev–Trinajstić information content (AvgIpc) is 2.89. The minimum Gasteiger partial charge on any atom is -0.361 e. The fourth-order valence-electron chi connectivity index (χ4n) is 3.16. The Morgan fingerprint density at radius 1 is 1.41 bits per heavy atom. The number of likely N-dealkylation sites (tertiary alicyclic amines) is 1. The van der Waals surface area contributed by atoms with E-state index < -0.39 is 6.04 Å². The molecule has 0 spiro atoms. The van der Waals surface area contributed by atoms with Gasteiger partial charge in [0.1, 0.15) is 5.82 Å². The molecular weight excluding hydrogens is 305 g/mol. The van der Waals surface area contributed by atoms with Gasteiger partial charge in [-0.1, -0.05) is 0 Å². The molecule has 1 atom stereocenters. The molecule has 0 bridgehead atoms. The molecule has 120 valence electrons. The van der Waals surface area contributed by atoms with Gasteiger partial charge in [-0.05, 0) is 49.4 Å². The van der Waals surface area contributed by atoms with Crippen LogP contribution in [0.3, 0.4) is 0 Å². The number of amides is 1. The maximum atomic E-state index is 13.2. The van der Waals surface area contributed by atoms with Gasteiger partial charge in [-0.2, -0.15) is 0 Å². The molecule has 1 aromatic heterocycles. The summed E-state index contributed by atoms with van der Waals surface area (Å²) >= 11 is 0. The van der Waals surface area contributed by atoms with Crippen LogP contribution < -0.4 is 5.73 Å². The van der Waals surface area contributed by atoms with Crippen molar-refractivity contribution in [2.24, 2.45) is 5.73 Å². The van der Waals surface area contributed by atoms with Crippen LogP contribution in [0, 0.1) is 5.82 Å². The number of halogens is 2. The molecule has 1 amide bonds. The number of nitrogens with one attached hydrogen (secondary N) is 1. The zero-order chi connectivity index (χ0) is 15.0. The highest BCUT2D eigenvalue weighted by Crippen LogP contribution is 2.33. The summed E-state index contributed by atoms with van der Waals surface area (Å²) < 4.78 is 13.2. The zero-order valence-electron chi connectivity index (χ0n) is 12.5. The lowest BCUT2D eigenvalue weighted by molar-refractivity contribution is -0.133.